The number of halogens is 1. The van der Waals surface area contributed by atoms with Gasteiger partial charge in [0.15, 0.2) is 0 Å². The molecule has 0 N–H and O–H groups in total. The summed E-state index contributed by atoms with van der Waals surface area (Å²) >= 11 is 6.36. The lowest BCUT2D eigenvalue weighted by Crippen LogP contribution is -2.40. The maximum Gasteiger partial charge on any atom is 0.0447 e. The Morgan fingerprint density at radius 1 is 0.900 bits per heavy atom. The van der Waals surface area contributed by atoms with Crippen LogP contribution in [0.25, 0.3) is 0 Å². The normalized spacial score (nSPS) is 53.4. The molecule has 10 heavy (non-hydrogen) atoms. The van der Waals surface area contributed by atoms with E-state index in [0.29, 0.717) is 5.41 Å². The van der Waals surface area contributed by atoms with Gasteiger partial charge in [-0.3, -0.25) is 0 Å². The van der Waals surface area contributed by atoms with Crippen LogP contribution in [0.5, 0.6) is 0 Å². The monoisotopic (exact) mass is 158 g/mol. The largest absolute Gasteiger partial charge is 0.119 e. The highest BCUT2D eigenvalue weighted by molar-refractivity contribution is 6.24. The van der Waals surface area contributed by atoms with Gasteiger partial charge in [-0.25, -0.2) is 0 Å². The van der Waals surface area contributed by atoms with Gasteiger partial charge in [0.1, 0.15) is 0 Å². The van der Waals surface area contributed by atoms with Crippen molar-refractivity contribution in [2.45, 2.75) is 50.3 Å². The number of hydrogen-bond acceptors (Lipinski definition) is 0. The third-order valence-electron chi connectivity index (χ3n) is 3.53. The van der Waals surface area contributed by atoms with Crippen LogP contribution in [0.1, 0.15) is 45.4 Å². The summed E-state index contributed by atoms with van der Waals surface area (Å²) < 4.78 is 0. The quantitative estimate of drug-likeness (QED) is 0.475. The summed E-state index contributed by atoms with van der Waals surface area (Å²) in [6, 6.07) is 0. The van der Waals surface area contributed by atoms with Crippen LogP contribution < -0.4 is 0 Å². The van der Waals surface area contributed by atoms with Crippen molar-refractivity contribution < 1.29 is 0 Å². The van der Waals surface area contributed by atoms with Crippen molar-refractivity contribution in [2.24, 2.45) is 5.41 Å². The predicted molar refractivity (Wildman–Crippen MR) is 44.4 cm³/mol. The Labute approximate surface area is 68.0 Å². The summed E-state index contributed by atoms with van der Waals surface area (Å²) in [5.74, 6) is 0. The molecule has 3 aliphatic carbocycles. The van der Waals surface area contributed by atoms with Crippen molar-refractivity contribution in [2.75, 3.05) is 0 Å². The molecule has 3 rings (SSSR count). The van der Waals surface area contributed by atoms with E-state index in [0.717, 1.165) is 0 Å². The molecular formula is C9H15Cl. The highest BCUT2D eigenvalue weighted by Crippen LogP contribution is 2.54. The fourth-order valence-corrected chi connectivity index (χ4v) is 2.61. The van der Waals surface area contributed by atoms with E-state index in [2.05, 4.69) is 6.92 Å². The number of hydrogen-bond donors (Lipinski definition) is 0. The van der Waals surface area contributed by atoms with Gasteiger partial charge in [-0.15, -0.1) is 11.6 Å². The Bertz CT molecular complexity index is 108. The van der Waals surface area contributed by atoms with E-state index >= 15 is 0 Å². The lowest BCUT2D eigenvalue weighted by atomic mass is 9.61. The van der Waals surface area contributed by atoms with Crippen molar-refractivity contribution >= 4 is 11.6 Å². The molecular weight excluding hydrogens is 144 g/mol. The van der Waals surface area contributed by atoms with Crippen LogP contribution in [0.2, 0.25) is 0 Å². The van der Waals surface area contributed by atoms with Crippen molar-refractivity contribution in [1.82, 2.24) is 0 Å². The minimum absolute atomic E-state index is 0.234. The molecule has 3 fully saturated rings. The van der Waals surface area contributed by atoms with Gasteiger partial charge < -0.3 is 0 Å². The van der Waals surface area contributed by atoms with Crippen LogP contribution in [0.15, 0.2) is 0 Å². The summed E-state index contributed by atoms with van der Waals surface area (Å²) in [6.45, 7) is 2.42. The second kappa shape index (κ2) is 1.91. The second-order valence-electron chi connectivity index (χ2n) is 4.46. The fourth-order valence-electron chi connectivity index (χ4n) is 2.33. The molecule has 0 spiro atoms. The van der Waals surface area contributed by atoms with Gasteiger partial charge in [0.25, 0.3) is 0 Å². The molecule has 2 bridgehead atoms. The van der Waals surface area contributed by atoms with Crippen LogP contribution in [-0.4, -0.2) is 4.87 Å². The molecule has 0 aromatic carbocycles. The summed E-state index contributed by atoms with van der Waals surface area (Å²) in [7, 11) is 0. The van der Waals surface area contributed by atoms with Crippen LogP contribution in [0, 0.1) is 5.41 Å². The van der Waals surface area contributed by atoms with E-state index in [9.17, 15) is 0 Å². The van der Waals surface area contributed by atoms with E-state index < -0.39 is 0 Å². The minimum Gasteiger partial charge on any atom is -0.119 e. The van der Waals surface area contributed by atoms with Crippen LogP contribution >= 0.6 is 11.6 Å². The van der Waals surface area contributed by atoms with Crippen LogP contribution in [0.3, 0.4) is 0 Å². The zero-order valence-electron chi connectivity index (χ0n) is 6.62. The van der Waals surface area contributed by atoms with E-state index in [4.69, 9.17) is 11.6 Å². The smallest absolute Gasteiger partial charge is 0.0447 e. The maximum absolute atomic E-state index is 6.36. The summed E-state index contributed by atoms with van der Waals surface area (Å²) in [6.07, 6.45) is 7.92. The fraction of sp³-hybridized carbons (Fsp3) is 1.00. The highest BCUT2D eigenvalue weighted by Gasteiger charge is 2.44. The number of alkyl halides is 1. The van der Waals surface area contributed by atoms with Gasteiger partial charge in [0.2, 0.25) is 0 Å². The molecule has 0 unspecified atom stereocenters. The molecule has 0 atom stereocenters. The minimum atomic E-state index is 0.234. The first-order valence-electron chi connectivity index (χ1n) is 4.31. The third kappa shape index (κ3) is 0.972. The zero-order chi connectivity index (χ0) is 7.24. The molecule has 0 heterocycles. The molecule has 3 saturated carbocycles. The predicted octanol–water partition coefficient (Wildman–Crippen LogP) is 3.34. The number of fused-ring (bicyclic) bond motifs is 3. The summed E-state index contributed by atoms with van der Waals surface area (Å²) in [4.78, 5) is 0.234. The van der Waals surface area contributed by atoms with Gasteiger partial charge in [-0.05, 0) is 43.9 Å². The highest BCUT2D eigenvalue weighted by atomic mass is 35.5. The van der Waals surface area contributed by atoms with Crippen molar-refractivity contribution in [3.63, 3.8) is 0 Å². The van der Waals surface area contributed by atoms with Gasteiger partial charge in [0, 0.05) is 4.87 Å². The summed E-state index contributed by atoms with van der Waals surface area (Å²) in [5.41, 5.74) is 0.677. The van der Waals surface area contributed by atoms with Crippen molar-refractivity contribution in [1.29, 1.82) is 0 Å². The van der Waals surface area contributed by atoms with E-state index in [1.807, 2.05) is 0 Å². The lowest BCUT2D eigenvalue weighted by Gasteiger charge is -2.48. The van der Waals surface area contributed by atoms with Crippen LogP contribution in [0.4, 0.5) is 0 Å². The molecule has 0 saturated heterocycles. The van der Waals surface area contributed by atoms with Crippen molar-refractivity contribution in [3.8, 4) is 0 Å². The van der Waals surface area contributed by atoms with Gasteiger partial charge >= 0.3 is 0 Å². The van der Waals surface area contributed by atoms with Gasteiger partial charge in [-0.1, -0.05) is 6.92 Å². The molecule has 0 amide bonds. The average Bonchev–Trinajstić information content (AvgIpc) is 1.93. The Kier molecular flexibility index (Phi) is 1.33. The Balaban J connectivity index is 2.16. The first-order valence-corrected chi connectivity index (χ1v) is 4.69. The van der Waals surface area contributed by atoms with E-state index in [1.165, 1.54) is 38.5 Å². The first-order chi connectivity index (χ1) is 4.62. The Morgan fingerprint density at radius 3 is 1.60 bits per heavy atom. The molecule has 58 valence electrons. The van der Waals surface area contributed by atoms with E-state index in [1.54, 1.807) is 0 Å². The molecule has 3 aliphatic rings. The molecule has 1 heteroatoms. The average molecular weight is 159 g/mol. The molecule has 0 aromatic heterocycles. The first kappa shape index (κ1) is 6.97. The second-order valence-corrected chi connectivity index (χ2v) is 5.26. The SMILES string of the molecule is CC12CCC(Cl)(CC1)CC2. The Morgan fingerprint density at radius 2 is 1.30 bits per heavy atom. The van der Waals surface area contributed by atoms with Gasteiger partial charge in [0.05, 0.1) is 0 Å². The van der Waals surface area contributed by atoms with Gasteiger partial charge in [-0.2, -0.15) is 0 Å². The maximum atomic E-state index is 6.36. The van der Waals surface area contributed by atoms with Crippen molar-refractivity contribution in [3.05, 3.63) is 0 Å². The topological polar surface area (TPSA) is 0 Å². The number of rotatable bonds is 0. The summed E-state index contributed by atoms with van der Waals surface area (Å²) in [5, 5.41) is 0. The van der Waals surface area contributed by atoms with E-state index in [-0.39, 0.29) is 4.87 Å². The lowest BCUT2D eigenvalue weighted by molar-refractivity contribution is 0.0988. The standard InChI is InChI=1S/C9H15Cl/c1-8-2-5-9(10,6-3-8)7-4-8/h2-7H2,1H3. The van der Waals surface area contributed by atoms with Crippen LogP contribution in [-0.2, 0) is 0 Å². The molecule has 0 radical (unpaired) electrons. The molecule has 0 nitrogen and oxygen atoms in total. The molecule has 0 aromatic rings. The zero-order valence-corrected chi connectivity index (χ0v) is 7.38. The third-order valence-corrected chi connectivity index (χ3v) is 4.10. The molecule has 0 aliphatic heterocycles. The Hall–Kier alpha value is 0.290.